The van der Waals surface area contributed by atoms with Gasteiger partial charge >= 0.3 is 12.1 Å². The molecule has 2 amide bonds. The van der Waals surface area contributed by atoms with Crippen LogP contribution < -0.4 is 10.6 Å². The van der Waals surface area contributed by atoms with Crippen LogP contribution >= 0.6 is 11.6 Å². The number of ether oxygens (including phenoxy) is 1. The minimum Gasteiger partial charge on any atom is -0.454 e. The molecule has 154 valence electrons. The lowest BCUT2D eigenvalue weighted by atomic mass is 9.89. The summed E-state index contributed by atoms with van der Waals surface area (Å²) in [5.41, 5.74) is -1.06. The molecule has 0 spiro atoms. The number of hydrogen-bond acceptors (Lipinski definition) is 5. The fourth-order valence-corrected chi connectivity index (χ4v) is 2.93. The molecule has 0 aromatic carbocycles. The number of nitrogens with one attached hydrogen (secondary N) is 2. The van der Waals surface area contributed by atoms with Gasteiger partial charge in [-0.05, 0) is 18.9 Å². The van der Waals surface area contributed by atoms with Crippen molar-refractivity contribution >= 4 is 35.2 Å². The van der Waals surface area contributed by atoms with Gasteiger partial charge in [0.05, 0.1) is 10.6 Å². The lowest BCUT2D eigenvalue weighted by Gasteiger charge is -2.20. The standard InChI is InChI=1S/C17H19ClF3N3O4/c18-12-6-11(17(19,20)21)7-22-15(12)24-13(25)9-28-14(26)8-23-16(27)10-4-2-1-3-5-10/h6-7,10H,1-5,8-9H2,(H,23,27)(H,22,24,25). The minimum atomic E-state index is -4.61. The number of esters is 1. The average Bonchev–Trinajstić information content (AvgIpc) is 2.66. The maximum atomic E-state index is 12.5. The number of nitrogens with zero attached hydrogens (tertiary/aromatic N) is 1. The first-order valence-electron chi connectivity index (χ1n) is 8.62. The molecule has 2 N–H and O–H groups in total. The van der Waals surface area contributed by atoms with E-state index in [2.05, 4.69) is 15.6 Å². The number of carbonyl (C=O) groups excluding carboxylic acids is 3. The van der Waals surface area contributed by atoms with Crippen LogP contribution in [0.25, 0.3) is 0 Å². The number of anilines is 1. The van der Waals surface area contributed by atoms with Gasteiger partial charge in [-0.1, -0.05) is 30.9 Å². The van der Waals surface area contributed by atoms with Crippen molar-refractivity contribution in [1.29, 1.82) is 0 Å². The molecule has 0 unspecified atom stereocenters. The predicted octanol–water partition coefficient (Wildman–Crippen LogP) is 2.93. The maximum absolute atomic E-state index is 12.5. The summed E-state index contributed by atoms with van der Waals surface area (Å²) in [5, 5.41) is 4.21. The Morgan fingerprint density at radius 3 is 2.50 bits per heavy atom. The molecule has 2 rings (SSSR count). The summed E-state index contributed by atoms with van der Waals surface area (Å²) in [6, 6.07) is 0.622. The number of hydrogen-bond donors (Lipinski definition) is 2. The zero-order chi connectivity index (χ0) is 20.7. The Balaban J connectivity index is 1.74. The number of halogens is 4. The quantitative estimate of drug-likeness (QED) is 0.688. The van der Waals surface area contributed by atoms with E-state index in [1.54, 1.807) is 0 Å². The zero-order valence-corrected chi connectivity index (χ0v) is 15.5. The summed E-state index contributed by atoms with van der Waals surface area (Å²) < 4.78 is 42.4. The average molecular weight is 422 g/mol. The number of aromatic nitrogens is 1. The van der Waals surface area contributed by atoms with E-state index in [1.165, 1.54) is 0 Å². The van der Waals surface area contributed by atoms with Crippen molar-refractivity contribution in [1.82, 2.24) is 10.3 Å². The highest BCUT2D eigenvalue weighted by molar-refractivity contribution is 6.33. The molecule has 11 heteroatoms. The van der Waals surface area contributed by atoms with Crippen molar-refractivity contribution < 1.29 is 32.3 Å². The highest BCUT2D eigenvalue weighted by atomic mass is 35.5. The Morgan fingerprint density at radius 2 is 1.89 bits per heavy atom. The van der Waals surface area contributed by atoms with E-state index in [-0.39, 0.29) is 24.2 Å². The second-order valence-corrected chi connectivity index (χ2v) is 6.72. The Labute approximate surface area is 164 Å². The van der Waals surface area contributed by atoms with Crippen molar-refractivity contribution in [2.45, 2.75) is 38.3 Å². The van der Waals surface area contributed by atoms with E-state index in [0.29, 0.717) is 12.3 Å². The normalized spacial score (nSPS) is 15.0. The smallest absolute Gasteiger partial charge is 0.417 e. The molecule has 28 heavy (non-hydrogen) atoms. The first-order chi connectivity index (χ1) is 13.2. The van der Waals surface area contributed by atoms with E-state index in [9.17, 15) is 27.6 Å². The van der Waals surface area contributed by atoms with Crippen molar-refractivity contribution in [3.8, 4) is 0 Å². The summed E-state index contributed by atoms with van der Waals surface area (Å²) in [7, 11) is 0. The summed E-state index contributed by atoms with van der Waals surface area (Å²) in [4.78, 5) is 38.7. The molecule has 0 aliphatic heterocycles. The molecule has 1 fully saturated rings. The van der Waals surface area contributed by atoms with Gasteiger partial charge in [-0.15, -0.1) is 0 Å². The van der Waals surface area contributed by atoms with Crippen LogP contribution in [0.5, 0.6) is 0 Å². The number of alkyl halides is 3. The maximum Gasteiger partial charge on any atom is 0.417 e. The third-order valence-electron chi connectivity index (χ3n) is 4.17. The van der Waals surface area contributed by atoms with Crippen LogP contribution in [0.2, 0.25) is 5.02 Å². The van der Waals surface area contributed by atoms with Gasteiger partial charge in [-0.3, -0.25) is 14.4 Å². The zero-order valence-electron chi connectivity index (χ0n) is 14.8. The van der Waals surface area contributed by atoms with Crippen molar-refractivity contribution in [2.24, 2.45) is 5.92 Å². The van der Waals surface area contributed by atoms with Crippen LogP contribution in [0.3, 0.4) is 0 Å². The Hall–Kier alpha value is -2.36. The molecular formula is C17H19ClF3N3O4. The Morgan fingerprint density at radius 1 is 1.21 bits per heavy atom. The fourth-order valence-electron chi connectivity index (χ4n) is 2.72. The molecule has 1 saturated carbocycles. The van der Waals surface area contributed by atoms with E-state index in [4.69, 9.17) is 16.3 Å². The highest BCUT2D eigenvalue weighted by Crippen LogP contribution is 2.32. The van der Waals surface area contributed by atoms with Gasteiger partial charge in [0.25, 0.3) is 5.91 Å². The first kappa shape index (κ1) is 21.9. The Bertz CT molecular complexity index is 737. The molecule has 1 aliphatic rings. The van der Waals surface area contributed by atoms with Crippen LogP contribution in [-0.4, -0.2) is 35.9 Å². The monoisotopic (exact) mass is 421 g/mol. The lowest BCUT2D eigenvalue weighted by Crippen LogP contribution is -2.36. The van der Waals surface area contributed by atoms with Crippen molar-refractivity contribution in [3.63, 3.8) is 0 Å². The van der Waals surface area contributed by atoms with Gasteiger partial charge in [0.1, 0.15) is 6.54 Å². The van der Waals surface area contributed by atoms with Gasteiger partial charge < -0.3 is 15.4 Å². The van der Waals surface area contributed by atoms with E-state index < -0.39 is 35.2 Å². The topological polar surface area (TPSA) is 97.4 Å². The van der Waals surface area contributed by atoms with Crippen LogP contribution in [-0.2, 0) is 25.3 Å². The number of rotatable bonds is 6. The van der Waals surface area contributed by atoms with Crippen LogP contribution in [0.1, 0.15) is 37.7 Å². The summed E-state index contributed by atoms with van der Waals surface area (Å²) >= 11 is 5.67. The van der Waals surface area contributed by atoms with Crippen LogP contribution in [0, 0.1) is 5.92 Å². The summed E-state index contributed by atoms with van der Waals surface area (Å²) in [5.74, 6) is -2.27. The van der Waals surface area contributed by atoms with Gasteiger partial charge in [0.2, 0.25) is 5.91 Å². The molecule has 0 atom stereocenters. The predicted molar refractivity (Wildman–Crippen MR) is 93.4 cm³/mol. The van der Waals surface area contributed by atoms with Gasteiger partial charge in [-0.25, -0.2) is 4.98 Å². The molecule has 1 aliphatic carbocycles. The minimum absolute atomic E-state index is 0.113. The summed E-state index contributed by atoms with van der Waals surface area (Å²) in [6.45, 7) is -1.07. The molecule has 0 radical (unpaired) electrons. The molecule has 0 bridgehead atoms. The SMILES string of the molecule is O=C(COC(=O)CNC(=O)C1CCCCC1)Nc1ncc(C(F)(F)F)cc1Cl. The first-order valence-corrected chi connectivity index (χ1v) is 9.00. The summed E-state index contributed by atoms with van der Waals surface area (Å²) in [6.07, 6.45) is 0.519. The number of carbonyl (C=O) groups is 3. The highest BCUT2D eigenvalue weighted by Gasteiger charge is 2.31. The van der Waals surface area contributed by atoms with E-state index >= 15 is 0 Å². The lowest BCUT2D eigenvalue weighted by molar-refractivity contribution is -0.147. The third-order valence-corrected chi connectivity index (χ3v) is 4.46. The molecule has 1 aromatic rings. The van der Waals surface area contributed by atoms with Gasteiger partial charge in [-0.2, -0.15) is 13.2 Å². The fraction of sp³-hybridized carbons (Fsp3) is 0.529. The molecule has 1 aromatic heterocycles. The third kappa shape index (κ3) is 6.66. The number of amides is 2. The second kappa shape index (κ2) is 9.72. The van der Waals surface area contributed by atoms with E-state index in [1.807, 2.05) is 0 Å². The van der Waals surface area contributed by atoms with E-state index in [0.717, 1.165) is 32.1 Å². The second-order valence-electron chi connectivity index (χ2n) is 6.31. The molecule has 0 saturated heterocycles. The van der Waals surface area contributed by atoms with Crippen molar-refractivity contribution in [2.75, 3.05) is 18.5 Å². The number of pyridine rings is 1. The molecular weight excluding hydrogens is 403 g/mol. The molecule has 1 heterocycles. The Kier molecular flexibility index (Phi) is 7.61. The van der Waals surface area contributed by atoms with Crippen LogP contribution in [0.4, 0.5) is 19.0 Å². The van der Waals surface area contributed by atoms with Gasteiger partial charge in [0, 0.05) is 12.1 Å². The van der Waals surface area contributed by atoms with Crippen molar-refractivity contribution in [3.05, 3.63) is 22.8 Å². The van der Waals surface area contributed by atoms with Gasteiger partial charge in [0.15, 0.2) is 12.4 Å². The van der Waals surface area contributed by atoms with Crippen LogP contribution in [0.15, 0.2) is 12.3 Å². The largest absolute Gasteiger partial charge is 0.454 e. The molecule has 7 nitrogen and oxygen atoms in total.